The Labute approximate surface area is 111 Å². The van der Waals surface area contributed by atoms with E-state index < -0.39 is 0 Å². The van der Waals surface area contributed by atoms with E-state index in [-0.39, 0.29) is 0 Å². The Morgan fingerprint density at radius 2 is 2.05 bits per heavy atom. The van der Waals surface area contributed by atoms with E-state index in [1.807, 2.05) is 10.8 Å². The highest BCUT2D eigenvalue weighted by Crippen LogP contribution is 2.19. The van der Waals surface area contributed by atoms with Gasteiger partial charge >= 0.3 is 0 Å². The lowest BCUT2D eigenvalue weighted by molar-refractivity contribution is 0.822. The van der Waals surface area contributed by atoms with Crippen LogP contribution in [0.3, 0.4) is 0 Å². The maximum absolute atomic E-state index is 9.13. The molecule has 2 aromatic heterocycles. The quantitative estimate of drug-likeness (QED) is 0.700. The molecule has 0 aliphatic heterocycles. The number of fused-ring (bicyclic) bond motifs is 1. The summed E-state index contributed by atoms with van der Waals surface area (Å²) in [7, 11) is 0. The van der Waals surface area contributed by atoms with Gasteiger partial charge in [0, 0.05) is 18.9 Å². The zero-order valence-corrected chi connectivity index (χ0v) is 10.5. The lowest BCUT2D eigenvalue weighted by atomic mass is 10.1. The fourth-order valence-corrected chi connectivity index (χ4v) is 2.13. The average Bonchev–Trinajstić information content (AvgIpc) is 2.80. The van der Waals surface area contributed by atoms with Gasteiger partial charge in [0.2, 0.25) is 0 Å². The normalized spacial score (nSPS) is 10.5. The zero-order chi connectivity index (χ0) is 13.2. The molecular formula is C15H12N4. The first-order valence-corrected chi connectivity index (χ1v) is 6.02. The van der Waals surface area contributed by atoms with Crippen molar-refractivity contribution in [3.05, 3.63) is 59.7 Å². The highest BCUT2D eigenvalue weighted by atomic mass is 15.0. The number of aromatic nitrogens is 3. The molecule has 92 valence electrons. The summed E-state index contributed by atoms with van der Waals surface area (Å²) in [5, 5.41) is 9.94. The van der Waals surface area contributed by atoms with Crippen molar-refractivity contribution in [1.29, 1.82) is 5.26 Å². The van der Waals surface area contributed by atoms with Crippen LogP contribution in [0.15, 0.2) is 43.0 Å². The molecule has 0 aliphatic carbocycles. The molecule has 3 rings (SSSR count). The summed E-state index contributed by atoms with van der Waals surface area (Å²) in [6, 6.07) is 10.5. The predicted molar refractivity (Wildman–Crippen MR) is 72.5 cm³/mol. The van der Waals surface area contributed by atoms with Crippen molar-refractivity contribution in [1.82, 2.24) is 14.5 Å². The molecule has 0 aliphatic rings. The van der Waals surface area contributed by atoms with Crippen LogP contribution in [0.25, 0.3) is 11.0 Å². The number of aryl methyl sites for hydroxylation is 1. The summed E-state index contributed by atoms with van der Waals surface area (Å²) in [4.78, 5) is 8.24. The van der Waals surface area contributed by atoms with Crippen LogP contribution in [0.2, 0.25) is 0 Å². The van der Waals surface area contributed by atoms with Crippen molar-refractivity contribution in [2.24, 2.45) is 0 Å². The van der Waals surface area contributed by atoms with Crippen molar-refractivity contribution in [2.75, 3.05) is 0 Å². The summed E-state index contributed by atoms with van der Waals surface area (Å²) in [6.07, 6.45) is 5.03. The zero-order valence-electron chi connectivity index (χ0n) is 10.5. The van der Waals surface area contributed by atoms with E-state index in [0.717, 1.165) is 11.0 Å². The standard InChI is InChI=1S/C15H12N4/c1-11-2-4-12(5-3-11)8-19-9-13(6-16)14-7-17-10-18-15(14)19/h2-5,7,9-10H,8H2,1H3. The SMILES string of the molecule is Cc1ccc(Cn2cc(C#N)c3cncnc32)cc1. The van der Waals surface area contributed by atoms with Crippen molar-refractivity contribution >= 4 is 11.0 Å². The molecule has 0 bridgehead atoms. The fraction of sp³-hybridized carbons (Fsp3) is 0.133. The van der Waals surface area contributed by atoms with Crippen molar-refractivity contribution in [3.8, 4) is 6.07 Å². The number of nitrogens with zero attached hydrogens (tertiary/aromatic N) is 4. The van der Waals surface area contributed by atoms with E-state index in [1.165, 1.54) is 17.5 Å². The van der Waals surface area contributed by atoms with Gasteiger partial charge in [-0.05, 0) is 12.5 Å². The second-order valence-corrected chi connectivity index (χ2v) is 4.53. The van der Waals surface area contributed by atoms with Crippen molar-refractivity contribution in [3.63, 3.8) is 0 Å². The molecule has 1 aromatic carbocycles. The van der Waals surface area contributed by atoms with E-state index in [9.17, 15) is 0 Å². The molecule has 2 heterocycles. The Bertz CT molecular complexity index is 763. The Morgan fingerprint density at radius 3 is 2.79 bits per heavy atom. The number of hydrogen-bond donors (Lipinski definition) is 0. The molecular weight excluding hydrogens is 236 g/mol. The topological polar surface area (TPSA) is 54.5 Å². The molecule has 0 amide bonds. The summed E-state index contributed by atoms with van der Waals surface area (Å²) in [5.41, 5.74) is 3.83. The van der Waals surface area contributed by atoms with Gasteiger partial charge in [0.25, 0.3) is 0 Å². The second kappa shape index (κ2) is 4.54. The minimum Gasteiger partial charge on any atom is -0.327 e. The predicted octanol–water partition coefficient (Wildman–Crippen LogP) is 2.66. The fourth-order valence-electron chi connectivity index (χ4n) is 2.13. The van der Waals surface area contributed by atoms with Gasteiger partial charge in [-0.15, -0.1) is 0 Å². The van der Waals surface area contributed by atoms with Crippen LogP contribution in [-0.4, -0.2) is 14.5 Å². The van der Waals surface area contributed by atoms with E-state index >= 15 is 0 Å². The first-order valence-electron chi connectivity index (χ1n) is 6.02. The smallest absolute Gasteiger partial charge is 0.144 e. The molecule has 0 unspecified atom stereocenters. The molecule has 0 saturated carbocycles. The van der Waals surface area contributed by atoms with Crippen LogP contribution >= 0.6 is 0 Å². The monoisotopic (exact) mass is 248 g/mol. The first-order chi connectivity index (χ1) is 9.28. The Morgan fingerprint density at radius 1 is 1.26 bits per heavy atom. The van der Waals surface area contributed by atoms with Crippen LogP contribution in [0, 0.1) is 18.3 Å². The van der Waals surface area contributed by atoms with E-state index in [2.05, 4.69) is 47.2 Å². The summed E-state index contributed by atoms with van der Waals surface area (Å²) >= 11 is 0. The highest BCUT2D eigenvalue weighted by Gasteiger charge is 2.09. The molecule has 0 fully saturated rings. The lowest BCUT2D eigenvalue weighted by Crippen LogP contribution is -1.99. The molecule has 3 aromatic rings. The van der Waals surface area contributed by atoms with Gasteiger partial charge in [-0.2, -0.15) is 5.26 Å². The lowest BCUT2D eigenvalue weighted by Gasteiger charge is -2.04. The van der Waals surface area contributed by atoms with Gasteiger partial charge in [-0.3, -0.25) is 0 Å². The minimum atomic E-state index is 0.614. The minimum absolute atomic E-state index is 0.614. The summed E-state index contributed by atoms with van der Waals surface area (Å²) in [5.74, 6) is 0. The van der Waals surface area contributed by atoms with Gasteiger partial charge in [-0.1, -0.05) is 29.8 Å². The van der Waals surface area contributed by atoms with Gasteiger partial charge in [-0.25, -0.2) is 9.97 Å². The third kappa shape index (κ3) is 2.06. The Kier molecular flexibility index (Phi) is 2.73. The number of benzene rings is 1. The van der Waals surface area contributed by atoms with Crippen LogP contribution in [-0.2, 0) is 6.54 Å². The van der Waals surface area contributed by atoms with Gasteiger partial charge in [0.1, 0.15) is 18.0 Å². The highest BCUT2D eigenvalue weighted by molar-refractivity contribution is 5.82. The molecule has 4 nitrogen and oxygen atoms in total. The van der Waals surface area contributed by atoms with Gasteiger partial charge < -0.3 is 4.57 Å². The first kappa shape index (κ1) is 11.4. The molecule has 0 atom stereocenters. The molecule has 0 saturated heterocycles. The summed E-state index contributed by atoms with van der Waals surface area (Å²) in [6.45, 7) is 2.77. The third-order valence-electron chi connectivity index (χ3n) is 3.13. The maximum atomic E-state index is 9.13. The average molecular weight is 248 g/mol. The number of nitriles is 1. The number of rotatable bonds is 2. The Hall–Kier alpha value is -2.67. The summed E-state index contributed by atoms with van der Waals surface area (Å²) < 4.78 is 1.99. The molecule has 0 radical (unpaired) electrons. The van der Waals surface area contributed by atoms with E-state index in [1.54, 1.807) is 6.20 Å². The maximum Gasteiger partial charge on any atom is 0.144 e. The number of hydrogen-bond acceptors (Lipinski definition) is 3. The van der Waals surface area contributed by atoms with Gasteiger partial charge in [0.05, 0.1) is 10.9 Å². The largest absolute Gasteiger partial charge is 0.327 e. The second-order valence-electron chi connectivity index (χ2n) is 4.53. The molecule has 0 N–H and O–H groups in total. The van der Waals surface area contributed by atoms with Crippen LogP contribution in [0.5, 0.6) is 0 Å². The van der Waals surface area contributed by atoms with Crippen molar-refractivity contribution in [2.45, 2.75) is 13.5 Å². The Balaban J connectivity index is 2.06. The molecule has 4 heteroatoms. The third-order valence-corrected chi connectivity index (χ3v) is 3.13. The van der Waals surface area contributed by atoms with Crippen LogP contribution < -0.4 is 0 Å². The van der Waals surface area contributed by atoms with E-state index in [0.29, 0.717) is 12.1 Å². The van der Waals surface area contributed by atoms with Crippen molar-refractivity contribution < 1.29 is 0 Å². The van der Waals surface area contributed by atoms with Gasteiger partial charge in [0.15, 0.2) is 0 Å². The molecule has 0 spiro atoms. The van der Waals surface area contributed by atoms with Crippen LogP contribution in [0.1, 0.15) is 16.7 Å². The van der Waals surface area contributed by atoms with E-state index in [4.69, 9.17) is 5.26 Å². The van der Waals surface area contributed by atoms with Crippen LogP contribution in [0.4, 0.5) is 0 Å². The molecule has 19 heavy (non-hydrogen) atoms.